The number of aryl methyl sites for hydroxylation is 1. The van der Waals surface area contributed by atoms with Crippen molar-refractivity contribution in [3.05, 3.63) is 53.9 Å². The van der Waals surface area contributed by atoms with Crippen LogP contribution in [0.25, 0.3) is 0 Å². The van der Waals surface area contributed by atoms with Crippen molar-refractivity contribution >= 4 is 12.0 Å². The maximum Gasteiger partial charge on any atom is 0.410 e. The van der Waals surface area contributed by atoms with Crippen LogP contribution in [0, 0.1) is 5.92 Å². The summed E-state index contributed by atoms with van der Waals surface area (Å²) in [6.45, 7) is 1.75. The number of nitrogens with one attached hydrogen (secondary N) is 1. The van der Waals surface area contributed by atoms with Crippen molar-refractivity contribution in [2.24, 2.45) is 5.92 Å². The molecule has 150 valence electrons. The molecule has 0 saturated carbocycles. The molecule has 1 aliphatic rings. The number of anilines is 1. The lowest BCUT2D eigenvalue weighted by molar-refractivity contribution is -0.102. The van der Waals surface area contributed by atoms with Crippen molar-refractivity contribution in [3.63, 3.8) is 0 Å². The molecule has 0 unspecified atom stereocenters. The minimum Gasteiger partial charge on any atom is -0.445 e. The topological polar surface area (TPSA) is 67.3 Å². The third-order valence-corrected chi connectivity index (χ3v) is 4.87. The van der Waals surface area contributed by atoms with Crippen molar-refractivity contribution in [2.75, 3.05) is 25.0 Å². The minimum atomic E-state index is -3.01. The van der Waals surface area contributed by atoms with E-state index in [0.717, 1.165) is 16.9 Å². The Morgan fingerprint density at radius 2 is 1.93 bits per heavy atom. The summed E-state index contributed by atoms with van der Waals surface area (Å²) in [6, 6.07) is 9.34. The van der Waals surface area contributed by atoms with Crippen molar-refractivity contribution < 1.29 is 18.3 Å². The Hall–Kier alpha value is -2.77. The lowest BCUT2D eigenvalue weighted by atomic mass is 9.93. The summed E-state index contributed by atoms with van der Waals surface area (Å²) in [4.78, 5) is 21.2. The van der Waals surface area contributed by atoms with Gasteiger partial charge < -0.3 is 15.0 Å². The fourth-order valence-electron chi connectivity index (χ4n) is 3.11. The molecule has 1 amide bonds. The second kappa shape index (κ2) is 8.95. The Balaban J connectivity index is 1.49. The summed E-state index contributed by atoms with van der Waals surface area (Å²) >= 11 is 0. The quantitative estimate of drug-likeness (QED) is 0.814. The maximum atomic E-state index is 14.5. The predicted octanol–water partition coefficient (Wildman–Crippen LogP) is 3.74. The molecule has 1 aromatic carbocycles. The molecule has 0 aliphatic carbocycles. The summed E-state index contributed by atoms with van der Waals surface area (Å²) in [5.74, 6) is -3.60. The minimum absolute atomic E-state index is 0.0453. The highest BCUT2D eigenvalue weighted by Gasteiger charge is 2.46. The second-order valence-electron chi connectivity index (χ2n) is 6.85. The molecule has 2 aromatic rings. The Kier molecular flexibility index (Phi) is 6.38. The normalized spacial score (nSPS) is 18.5. The molecule has 0 bridgehead atoms. The zero-order chi connectivity index (χ0) is 20.0. The molecule has 2 heterocycles. The van der Waals surface area contributed by atoms with Gasteiger partial charge in [0.1, 0.15) is 6.61 Å². The monoisotopic (exact) mass is 390 g/mol. The number of hydrogen-bond donors (Lipinski definition) is 1. The molecule has 28 heavy (non-hydrogen) atoms. The van der Waals surface area contributed by atoms with Gasteiger partial charge in [0, 0.05) is 31.4 Å². The Bertz CT molecular complexity index is 772. The number of carbonyl (C=O) groups is 1. The second-order valence-corrected chi connectivity index (χ2v) is 6.85. The summed E-state index contributed by atoms with van der Waals surface area (Å²) in [7, 11) is 0. The van der Waals surface area contributed by atoms with E-state index in [1.807, 2.05) is 24.3 Å². The first-order chi connectivity index (χ1) is 13.5. The van der Waals surface area contributed by atoms with Gasteiger partial charge in [0.2, 0.25) is 5.95 Å². The number of hydrogen-bond acceptors (Lipinski definition) is 5. The summed E-state index contributed by atoms with van der Waals surface area (Å²) in [5.41, 5.74) is 2.02. The first kappa shape index (κ1) is 20.0. The van der Waals surface area contributed by atoms with Gasteiger partial charge in [-0.05, 0) is 30.0 Å². The number of benzene rings is 1. The van der Waals surface area contributed by atoms with Crippen LogP contribution in [0.5, 0.6) is 0 Å². The number of amides is 1. The fraction of sp³-hybridized carbons (Fsp3) is 0.450. The first-order valence-corrected chi connectivity index (χ1v) is 9.36. The highest BCUT2D eigenvalue weighted by atomic mass is 19.3. The van der Waals surface area contributed by atoms with E-state index >= 15 is 0 Å². The van der Waals surface area contributed by atoms with E-state index in [2.05, 4.69) is 22.2 Å². The number of aromatic nitrogens is 2. The third kappa shape index (κ3) is 5.15. The fourth-order valence-corrected chi connectivity index (χ4v) is 3.11. The summed E-state index contributed by atoms with van der Waals surface area (Å²) in [5, 5.41) is 2.83. The van der Waals surface area contributed by atoms with E-state index in [1.54, 1.807) is 18.5 Å². The van der Waals surface area contributed by atoms with Gasteiger partial charge in [-0.3, -0.25) is 0 Å². The zero-order valence-corrected chi connectivity index (χ0v) is 15.8. The number of carbonyl (C=O) groups excluding carboxylic acids is 1. The van der Waals surface area contributed by atoms with E-state index in [1.165, 1.54) is 5.56 Å². The molecule has 1 fully saturated rings. The van der Waals surface area contributed by atoms with Crippen LogP contribution in [0.3, 0.4) is 0 Å². The van der Waals surface area contributed by atoms with Gasteiger partial charge in [-0.15, -0.1) is 0 Å². The lowest BCUT2D eigenvalue weighted by Crippen LogP contribution is -2.52. The van der Waals surface area contributed by atoms with Crippen LogP contribution in [0.2, 0.25) is 0 Å². The van der Waals surface area contributed by atoms with Gasteiger partial charge in [-0.25, -0.2) is 23.5 Å². The van der Waals surface area contributed by atoms with Crippen LogP contribution < -0.4 is 5.32 Å². The number of nitrogens with zero attached hydrogens (tertiary/aromatic N) is 3. The standard InChI is InChI=1S/C20H24F2N4O2/c1-2-15-4-6-16(7-5-15)13-28-19(27)26-11-8-17(20(21,22)14-26)12-25-18-23-9-3-10-24-18/h3-7,9-10,17H,2,8,11-14H2,1H3,(H,23,24,25)/t17-/m0/s1. The molecule has 1 N–H and O–H groups in total. The van der Waals surface area contributed by atoms with Crippen LogP contribution in [0.1, 0.15) is 24.5 Å². The SMILES string of the molecule is CCc1ccc(COC(=O)N2CC[C@@H](CNc3ncccn3)C(F)(F)C2)cc1. The number of ether oxygens (including phenoxy) is 1. The van der Waals surface area contributed by atoms with E-state index < -0.39 is 24.5 Å². The van der Waals surface area contributed by atoms with Gasteiger partial charge in [-0.1, -0.05) is 31.2 Å². The molecule has 6 nitrogen and oxygen atoms in total. The third-order valence-electron chi connectivity index (χ3n) is 4.87. The summed E-state index contributed by atoms with van der Waals surface area (Å²) in [6.07, 6.45) is 3.48. The highest BCUT2D eigenvalue weighted by molar-refractivity contribution is 5.68. The number of likely N-dealkylation sites (tertiary alicyclic amines) is 1. The van der Waals surface area contributed by atoms with E-state index in [4.69, 9.17) is 4.74 Å². The average molecular weight is 390 g/mol. The Morgan fingerprint density at radius 1 is 1.25 bits per heavy atom. The van der Waals surface area contributed by atoms with Crippen molar-refractivity contribution in [1.29, 1.82) is 0 Å². The molecule has 0 spiro atoms. The average Bonchev–Trinajstić information content (AvgIpc) is 2.71. The number of halogens is 2. The smallest absolute Gasteiger partial charge is 0.410 e. The molecule has 0 radical (unpaired) electrons. The molecule has 8 heteroatoms. The number of piperidine rings is 1. The van der Waals surface area contributed by atoms with Gasteiger partial charge >= 0.3 is 6.09 Å². The molecular weight excluding hydrogens is 366 g/mol. The van der Waals surface area contributed by atoms with Crippen molar-refractivity contribution in [1.82, 2.24) is 14.9 Å². The van der Waals surface area contributed by atoms with Crippen molar-refractivity contribution in [3.8, 4) is 0 Å². The van der Waals surface area contributed by atoms with Gasteiger partial charge in [0.15, 0.2) is 0 Å². The van der Waals surface area contributed by atoms with E-state index in [0.29, 0.717) is 5.95 Å². The van der Waals surface area contributed by atoms with Gasteiger partial charge in [0.25, 0.3) is 5.92 Å². The number of alkyl halides is 2. The molecule has 3 rings (SSSR count). The Labute approximate surface area is 162 Å². The van der Waals surface area contributed by atoms with Crippen LogP contribution in [0.4, 0.5) is 19.5 Å². The zero-order valence-electron chi connectivity index (χ0n) is 15.8. The predicted molar refractivity (Wildman–Crippen MR) is 101 cm³/mol. The molecular formula is C20H24F2N4O2. The first-order valence-electron chi connectivity index (χ1n) is 9.36. The Morgan fingerprint density at radius 3 is 2.57 bits per heavy atom. The maximum absolute atomic E-state index is 14.5. The lowest BCUT2D eigenvalue weighted by Gasteiger charge is -2.37. The molecule has 1 aliphatic heterocycles. The highest BCUT2D eigenvalue weighted by Crippen LogP contribution is 2.33. The summed E-state index contributed by atoms with van der Waals surface area (Å²) < 4.78 is 34.2. The number of rotatable bonds is 6. The molecule has 1 aromatic heterocycles. The van der Waals surface area contributed by atoms with Crippen molar-refractivity contribution in [2.45, 2.75) is 32.3 Å². The molecule has 1 atom stereocenters. The van der Waals surface area contributed by atoms with Crippen LogP contribution in [0.15, 0.2) is 42.7 Å². The largest absolute Gasteiger partial charge is 0.445 e. The molecule has 1 saturated heterocycles. The van der Waals surface area contributed by atoms with Gasteiger partial charge in [0.05, 0.1) is 6.54 Å². The van der Waals surface area contributed by atoms with Gasteiger partial charge in [-0.2, -0.15) is 0 Å². The van der Waals surface area contributed by atoms with Crippen LogP contribution in [-0.2, 0) is 17.8 Å². The van der Waals surface area contributed by atoms with Crippen LogP contribution >= 0.6 is 0 Å². The van der Waals surface area contributed by atoms with E-state index in [-0.39, 0.29) is 26.1 Å². The van der Waals surface area contributed by atoms with Crippen LogP contribution in [-0.4, -0.2) is 46.5 Å². The van der Waals surface area contributed by atoms with E-state index in [9.17, 15) is 13.6 Å².